The van der Waals surface area contributed by atoms with Crippen LogP contribution in [0.15, 0.2) is 4.52 Å². The Morgan fingerprint density at radius 3 is 3.00 bits per heavy atom. The highest BCUT2D eigenvalue weighted by molar-refractivity contribution is 7.99. The third-order valence-electron chi connectivity index (χ3n) is 2.87. The summed E-state index contributed by atoms with van der Waals surface area (Å²) >= 11 is 1.86. The molecule has 0 amide bonds. The van der Waals surface area contributed by atoms with Gasteiger partial charge in [0.2, 0.25) is 5.89 Å². The first-order valence-corrected chi connectivity index (χ1v) is 6.14. The normalized spacial score (nSPS) is 32.4. The molecule has 2 fully saturated rings. The van der Waals surface area contributed by atoms with E-state index >= 15 is 0 Å². The van der Waals surface area contributed by atoms with E-state index in [-0.39, 0.29) is 5.54 Å². The summed E-state index contributed by atoms with van der Waals surface area (Å²) in [7, 11) is 0. The quantitative estimate of drug-likeness (QED) is 0.797. The van der Waals surface area contributed by atoms with Gasteiger partial charge in [0.25, 0.3) is 0 Å². The van der Waals surface area contributed by atoms with E-state index in [4.69, 9.17) is 10.3 Å². The topological polar surface area (TPSA) is 64.9 Å². The molecular formula is C9H13N3OS. The molecule has 0 spiro atoms. The van der Waals surface area contributed by atoms with Gasteiger partial charge >= 0.3 is 0 Å². The van der Waals surface area contributed by atoms with Crippen LogP contribution in [0, 0.1) is 0 Å². The lowest BCUT2D eigenvalue weighted by Crippen LogP contribution is -2.37. The second-order valence-corrected chi connectivity index (χ2v) is 5.29. The molecule has 76 valence electrons. The zero-order valence-electron chi connectivity index (χ0n) is 7.90. The molecular weight excluding hydrogens is 198 g/mol. The number of nitrogens with zero attached hydrogens (tertiary/aromatic N) is 2. The summed E-state index contributed by atoms with van der Waals surface area (Å²) in [6.45, 7) is 0. The van der Waals surface area contributed by atoms with Gasteiger partial charge in [-0.05, 0) is 25.0 Å². The molecule has 14 heavy (non-hydrogen) atoms. The smallest absolute Gasteiger partial charge is 0.229 e. The van der Waals surface area contributed by atoms with Crippen molar-refractivity contribution in [2.24, 2.45) is 5.73 Å². The van der Waals surface area contributed by atoms with Gasteiger partial charge in [-0.2, -0.15) is 16.7 Å². The molecule has 2 aliphatic rings. The number of aromatic nitrogens is 2. The summed E-state index contributed by atoms with van der Waals surface area (Å²) in [6, 6.07) is 0. The number of hydrogen-bond donors (Lipinski definition) is 1. The van der Waals surface area contributed by atoms with E-state index in [9.17, 15) is 0 Å². The molecule has 0 aromatic carbocycles. The van der Waals surface area contributed by atoms with Gasteiger partial charge in [0.15, 0.2) is 5.82 Å². The maximum absolute atomic E-state index is 6.21. The molecule has 2 heterocycles. The fourth-order valence-electron chi connectivity index (χ4n) is 1.69. The average Bonchev–Trinajstić information content (AvgIpc) is 2.75. The molecule has 1 atom stereocenters. The largest absolute Gasteiger partial charge is 0.339 e. The van der Waals surface area contributed by atoms with Crippen molar-refractivity contribution in [3.05, 3.63) is 11.7 Å². The summed E-state index contributed by atoms with van der Waals surface area (Å²) in [5.41, 5.74) is 5.88. The minimum Gasteiger partial charge on any atom is -0.339 e. The highest BCUT2D eigenvalue weighted by Gasteiger charge is 2.38. The third kappa shape index (κ3) is 1.35. The highest BCUT2D eigenvalue weighted by atomic mass is 32.2. The molecule has 0 radical (unpaired) electrons. The Bertz CT molecular complexity index is 342. The van der Waals surface area contributed by atoms with Crippen molar-refractivity contribution < 1.29 is 4.52 Å². The molecule has 1 aromatic heterocycles. The van der Waals surface area contributed by atoms with Gasteiger partial charge in [-0.25, -0.2) is 0 Å². The lowest BCUT2D eigenvalue weighted by atomic mass is 10.00. The molecule has 4 nitrogen and oxygen atoms in total. The molecule has 1 saturated carbocycles. The zero-order valence-corrected chi connectivity index (χ0v) is 8.72. The van der Waals surface area contributed by atoms with Crippen LogP contribution in [0.5, 0.6) is 0 Å². The number of hydrogen-bond acceptors (Lipinski definition) is 5. The number of nitrogens with two attached hydrogens (primary N) is 1. The molecule has 1 unspecified atom stereocenters. The van der Waals surface area contributed by atoms with Gasteiger partial charge in [-0.15, -0.1) is 0 Å². The maximum Gasteiger partial charge on any atom is 0.229 e. The van der Waals surface area contributed by atoms with Gasteiger partial charge in [0.05, 0.1) is 5.54 Å². The van der Waals surface area contributed by atoms with Crippen molar-refractivity contribution in [3.63, 3.8) is 0 Å². The molecule has 1 aliphatic carbocycles. The van der Waals surface area contributed by atoms with Crippen LogP contribution in [-0.2, 0) is 5.54 Å². The second-order valence-electron chi connectivity index (χ2n) is 4.19. The van der Waals surface area contributed by atoms with Crippen molar-refractivity contribution in [1.82, 2.24) is 10.1 Å². The van der Waals surface area contributed by atoms with Gasteiger partial charge in [-0.3, -0.25) is 0 Å². The zero-order chi connectivity index (χ0) is 9.60. The standard InChI is InChI=1S/C9H13N3OS/c10-9(3-4-14-5-9)8-11-7(13-12-8)6-1-2-6/h6H,1-5,10H2. The highest BCUT2D eigenvalue weighted by Crippen LogP contribution is 2.40. The molecule has 1 aromatic rings. The van der Waals surface area contributed by atoms with Crippen molar-refractivity contribution in [1.29, 1.82) is 0 Å². The van der Waals surface area contributed by atoms with Gasteiger partial charge < -0.3 is 10.3 Å². The number of thioether (sulfide) groups is 1. The third-order valence-corrected chi connectivity index (χ3v) is 4.08. The predicted octanol–water partition coefficient (Wildman–Crippen LogP) is 1.24. The van der Waals surface area contributed by atoms with Crippen molar-refractivity contribution in [2.75, 3.05) is 11.5 Å². The Morgan fingerprint density at radius 2 is 2.36 bits per heavy atom. The predicted molar refractivity (Wildman–Crippen MR) is 54.1 cm³/mol. The first-order valence-electron chi connectivity index (χ1n) is 4.99. The van der Waals surface area contributed by atoms with E-state index in [1.807, 2.05) is 11.8 Å². The van der Waals surface area contributed by atoms with Crippen LogP contribution in [0.4, 0.5) is 0 Å². The Kier molecular flexibility index (Phi) is 1.85. The van der Waals surface area contributed by atoms with Crippen LogP contribution in [-0.4, -0.2) is 21.6 Å². The SMILES string of the molecule is NC1(c2noc(C3CC3)n2)CCSC1. The lowest BCUT2D eigenvalue weighted by molar-refractivity contribution is 0.357. The summed E-state index contributed by atoms with van der Waals surface area (Å²) in [4.78, 5) is 4.41. The van der Waals surface area contributed by atoms with E-state index in [0.29, 0.717) is 11.7 Å². The van der Waals surface area contributed by atoms with Gasteiger partial charge in [0, 0.05) is 11.7 Å². The summed E-state index contributed by atoms with van der Waals surface area (Å²) in [5, 5.41) is 4.01. The fourth-order valence-corrected chi connectivity index (χ4v) is 2.98. The van der Waals surface area contributed by atoms with E-state index in [2.05, 4.69) is 10.1 Å². The van der Waals surface area contributed by atoms with Gasteiger partial charge in [0.1, 0.15) is 0 Å². The van der Waals surface area contributed by atoms with Crippen LogP contribution in [0.2, 0.25) is 0 Å². The average molecular weight is 211 g/mol. The van der Waals surface area contributed by atoms with E-state index in [0.717, 1.165) is 23.8 Å². The van der Waals surface area contributed by atoms with E-state index in [1.165, 1.54) is 12.8 Å². The van der Waals surface area contributed by atoms with Crippen LogP contribution in [0.1, 0.15) is 36.9 Å². The monoisotopic (exact) mass is 211 g/mol. The van der Waals surface area contributed by atoms with Gasteiger partial charge in [-0.1, -0.05) is 5.16 Å². The van der Waals surface area contributed by atoms with Crippen molar-refractivity contribution >= 4 is 11.8 Å². The molecule has 0 bridgehead atoms. The lowest BCUT2D eigenvalue weighted by Gasteiger charge is -2.16. The fraction of sp³-hybridized carbons (Fsp3) is 0.778. The molecule has 1 aliphatic heterocycles. The van der Waals surface area contributed by atoms with E-state index in [1.54, 1.807) is 0 Å². The maximum atomic E-state index is 6.21. The van der Waals surface area contributed by atoms with Crippen LogP contribution >= 0.6 is 11.8 Å². The Labute approximate surface area is 86.6 Å². The minimum atomic E-state index is -0.332. The molecule has 1 saturated heterocycles. The summed E-state index contributed by atoms with van der Waals surface area (Å²) < 4.78 is 5.22. The first kappa shape index (κ1) is 8.73. The molecule has 3 rings (SSSR count). The Hall–Kier alpha value is -0.550. The second kappa shape index (κ2) is 2.97. The Balaban J connectivity index is 1.87. The number of rotatable bonds is 2. The molecule has 5 heteroatoms. The Morgan fingerprint density at radius 1 is 1.50 bits per heavy atom. The van der Waals surface area contributed by atoms with Crippen molar-refractivity contribution in [3.8, 4) is 0 Å². The van der Waals surface area contributed by atoms with E-state index < -0.39 is 0 Å². The van der Waals surface area contributed by atoms with Crippen LogP contribution < -0.4 is 5.73 Å². The summed E-state index contributed by atoms with van der Waals surface area (Å²) in [5.74, 6) is 4.04. The molecule has 2 N–H and O–H groups in total. The van der Waals surface area contributed by atoms with Crippen molar-refractivity contribution in [2.45, 2.75) is 30.7 Å². The summed E-state index contributed by atoms with van der Waals surface area (Å²) in [6.07, 6.45) is 3.34. The van der Waals surface area contributed by atoms with Crippen LogP contribution in [0.25, 0.3) is 0 Å². The van der Waals surface area contributed by atoms with Crippen LogP contribution in [0.3, 0.4) is 0 Å². The first-order chi connectivity index (χ1) is 6.78. The minimum absolute atomic E-state index is 0.332.